The summed E-state index contributed by atoms with van der Waals surface area (Å²) in [4.78, 5) is 24.5. The summed E-state index contributed by atoms with van der Waals surface area (Å²) in [6, 6.07) is 12.2. The van der Waals surface area contributed by atoms with Crippen LogP contribution < -0.4 is 15.4 Å². The summed E-state index contributed by atoms with van der Waals surface area (Å²) in [6.07, 6.45) is 0.516. The minimum absolute atomic E-state index is 0.142. The van der Waals surface area contributed by atoms with Crippen molar-refractivity contribution in [3.63, 3.8) is 0 Å². The first kappa shape index (κ1) is 23.6. The van der Waals surface area contributed by atoms with Crippen LogP contribution in [0.5, 0.6) is 5.75 Å². The van der Waals surface area contributed by atoms with E-state index in [1.54, 1.807) is 49.6 Å². The highest BCUT2D eigenvalue weighted by molar-refractivity contribution is 7.99. The topological polar surface area (TPSA) is 98.1 Å². The number of methoxy groups -OCH3 is 1. The van der Waals surface area contributed by atoms with Crippen molar-refractivity contribution in [2.45, 2.75) is 18.5 Å². The van der Waals surface area contributed by atoms with E-state index in [1.165, 1.54) is 11.8 Å². The second-order valence-corrected chi connectivity index (χ2v) is 8.37. The molecule has 32 heavy (non-hydrogen) atoms. The van der Waals surface area contributed by atoms with Gasteiger partial charge in [-0.1, -0.05) is 23.4 Å². The number of hydrogen-bond acceptors (Lipinski definition) is 6. The maximum absolute atomic E-state index is 12.3. The van der Waals surface area contributed by atoms with Crippen LogP contribution in [0.4, 0.5) is 5.69 Å². The highest BCUT2D eigenvalue weighted by atomic mass is 35.5. The van der Waals surface area contributed by atoms with Crippen LogP contribution >= 0.6 is 23.4 Å². The number of anilines is 1. The molecule has 168 valence electrons. The molecular formula is C22H24ClN5O3S. The second-order valence-electron chi connectivity index (χ2n) is 6.99. The standard InChI is InChI=1S/C22H24ClN5O3S/c1-14-12-16(23)6-9-18(14)25-20(29)13-32-22-27-26-19(28(22)2)10-11-24-21(30)15-4-7-17(31-3)8-5-15/h4-9,12H,10-11,13H2,1-3H3,(H,24,30)(H,25,29). The lowest BCUT2D eigenvalue weighted by molar-refractivity contribution is -0.113. The van der Waals surface area contributed by atoms with E-state index < -0.39 is 0 Å². The Bertz CT molecular complexity index is 1100. The molecule has 3 aromatic rings. The summed E-state index contributed by atoms with van der Waals surface area (Å²) in [5.41, 5.74) is 2.18. The Morgan fingerprint density at radius 2 is 1.91 bits per heavy atom. The van der Waals surface area contributed by atoms with E-state index in [-0.39, 0.29) is 17.6 Å². The van der Waals surface area contributed by atoms with Crippen molar-refractivity contribution in [2.75, 3.05) is 24.7 Å². The van der Waals surface area contributed by atoms with Gasteiger partial charge in [0, 0.05) is 36.3 Å². The summed E-state index contributed by atoms with van der Waals surface area (Å²) in [6.45, 7) is 2.30. The first-order valence-corrected chi connectivity index (χ1v) is 11.2. The number of thioether (sulfide) groups is 1. The van der Waals surface area contributed by atoms with Gasteiger partial charge < -0.3 is 19.9 Å². The third-order valence-electron chi connectivity index (χ3n) is 4.71. The lowest BCUT2D eigenvalue weighted by Gasteiger charge is -2.09. The highest BCUT2D eigenvalue weighted by Gasteiger charge is 2.13. The maximum Gasteiger partial charge on any atom is 0.251 e. The maximum atomic E-state index is 12.3. The van der Waals surface area contributed by atoms with E-state index >= 15 is 0 Å². The van der Waals surface area contributed by atoms with Gasteiger partial charge in [0.2, 0.25) is 5.91 Å². The van der Waals surface area contributed by atoms with Gasteiger partial charge in [0.25, 0.3) is 5.91 Å². The normalized spacial score (nSPS) is 10.6. The molecule has 3 rings (SSSR count). The van der Waals surface area contributed by atoms with Crippen LogP contribution in [-0.2, 0) is 18.3 Å². The Morgan fingerprint density at radius 1 is 1.16 bits per heavy atom. The lowest BCUT2D eigenvalue weighted by Crippen LogP contribution is -2.26. The van der Waals surface area contributed by atoms with Crippen molar-refractivity contribution < 1.29 is 14.3 Å². The number of aryl methyl sites for hydroxylation is 1. The van der Waals surface area contributed by atoms with Crippen LogP contribution in [0, 0.1) is 6.92 Å². The molecule has 0 aliphatic carbocycles. The van der Waals surface area contributed by atoms with E-state index in [2.05, 4.69) is 20.8 Å². The molecule has 8 nitrogen and oxygen atoms in total. The van der Waals surface area contributed by atoms with E-state index in [0.29, 0.717) is 34.5 Å². The van der Waals surface area contributed by atoms with Crippen molar-refractivity contribution in [1.82, 2.24) is 20.1 Å². The molecule has 0 saturated carbocycles. The molecule has 2 aromatic carbocycles. The van der Waals surface area contributed by atoms with Gasteiger partial charge in [-0.3, -0.25) is 9.59 Å². The number of aromatic nitrogens is 3. The van der Waals surface area contributed by atoms with Crippen molar-refractivity contribution in [2.24, 2.45) is 7.05 Å². The molecule has 0 radical (unpaired) electrons. The van der Waals surface area contributed by atoms with Crippen molar-refractivity contribution in [1.29, 1.82) is 0 Å². The number of hydrogen-bond donors (Lipinski definition) is 2. The van der Waals surface area contributed by atoms with E-state index in [4.69, 9.17) is 16.3 Å². The molecule has 10 heteroatoms. The van der Waals surface area contributed by atoms with Crippen LogP contribution in [0.25, 0.3) is 0 Å². The number of rotatable bonds is 9. The lowest BCUT2D eigenvalue weighted by atomic mass is 10.2. The minimum Gasteiger partial charge on any atom is -0.497 e. The van der Waals surface area contributed by atoms with Crippen LogP contribution in [0.2, 0.25) is 5.02 Å². The van der Waals surface area contributed by atoms with Gasteiger partial charge in [-0.05, 0) is 55.0 Å². The summed E-state index contributed by atoms with van der Waals surface area (Å²) in [7, 11) is 3.42. The summed E-state index contributed by atoms with van der Waals surface area (Å²) in [5, 5.41) is 15.3. The van der Waals surface area contributed by atoms with Crippen molar-refractivity contribution >= 4 is 40.9 Å². The molecule has 1 heterocycles. The molecule has 2 amide bonds. The molecule has 0 bridgehead atoms. The predicted molar refractivity (Wildman–Crippen MR) is 126 cm³/mol. The number of nitrogens with zero attached hydrogens (tertiary/aromatic N) is 3. The molecule has 0 unspecified atom stereocenters. The zero-order valence-electron chi connectivity index (χ0n) is 18.0. The van der Waals surface area contributed by atoms with Gasteiger partial charge in [0.1, 0.15) is 11.6 Å². The Balaban J connectivity index is 1.47. The second kappa shape index (κ2) is 11.0. The number of carbonyl (C=O) groups excluding carboxylic acids is 2. The Hall–Kier alpha value is -3.04. The molecule has 0 saturated heterocycles. The first-order valence-electron chi connectivity index (χ1n) is 9.86. The summed E-state index contributed by atoms with van der Waals surface area (Å²) < 4.78 is 6.92. The number of benzene rings is 2. The van der Waals surface area contributed by atoms with Gasteiger partial charge in [-0.2, -0.15) is 0 Å². The van der Waals surface area contributed by atoms with Crippen LogP contribution in [-0.4, -0.2) is 46.0 Å². The molecule has 0 aliphatic heterocycles. The zero-order chi connectivity index (χ0) is 23.1. The minimum atomic E-state index is -0.168. The number of amides is 2. The smallest absolute Gasteiger partial charge is 0.251 e. The average Bonchev–Trinajstić information content (AvgIpc) is 3.13. The van der Waals surface area contributed by atoms with Crippen molar-refractivity contribution in [3.8, 4) is 5.75 Å². The molecule has 2 N–H and O–H groups in total. The SMILES string of the molecule is COc1ccc(C(=O)NCCc2nnc(SCC(=O)Nc3ccc(Cl)cc3C)n2C)cc1. The summed E-state index contributed by atoms with van der Waals surface area (Å²) in [5.74, 6) is 1.30. The molecule has 0 aliphatic rings. The Morgan fingerprint density at radius 3 is 2.59 bits per heavy atom. The Labute approximate surface area is 195 Å². The van der Waals surface area contributed by atoms with Gasteiger partial charge in [-0.25, -0.2) is 0 Å². The monoisotopic (exact) mass is 473 g/mol. The van der Waals surface area contributed by atoms with Crippen LogP contribution in [0.1, 0.15) is 21.7 Å². The fourth-order valence-corrected chi connectivity index (χ4v) is 3.86. The fraction of sp³-hybridized carbons (Fsp3) is 0.273. The average molecular weight is 474 g/mol. The van der Waals surface area contributed by atoms with Crippen LogP contribution in [0.15, 0.2) is 47.6 Å². The van der Waals surface area contributed by atoms with Crippen molar-refractivity contribution in [3.05, 3.63) is 64.4 Å². The third kappa shape index (κ3) is 6.24. The van der Waals surface area contributed by atoms with E-state index in [9.17, 15) is 9.59 Å². The van der Waals surface area contributed by atoms with E-state index in [0.717, 1.165) is 17.1 Å². The van der Waals surface area contributed by atoms with Crippen LogP contribution in [0.3, 0.4) is 0 Å². The van der Waals surface area contributed by atoms with Gasteiger partial charge >= 0.3 is 0 Å². The third-order valence-corrected chi connectivity index (χ3v) is 5.96. The quantitative estimate of drug-likeness (QED) is 0.462. The van der Waals surface area contributed by atoms with E-state index in [1.807, 2.05) is 18.5 Å². The Kier molecular flexibility index (Phi) is 8.13. The van der Waals surface area contributed by atoms with Gasteiger partial charge in [0.05, 0.1) is 12.9 Å². The fourth-order valence-electron chi connectivity index (χ4n) is 2.90. The molecular weight excluding hydrogens is 450 g/mol. The zero-order valence-corrected chi connectivity index (χ0v) is 19.6. The van der Waals surface area contributed by atoms with Gasteiger partial charge in [0.15, 0.2) is 5.16 Å². The molecule has 0 spiro atoms. The highest BCUT2D eigenvalue weighted by Crippen LogP contribution is 2.21. The number of ether oxygens (including phenoxy) is 1. The predicted octanol–water partition coefficient (Wildman–Crippen LogP) is 3.49. The largest absolute Gasteiger partial charge is 0.497 e. The number of carbonyl (C=O) groups is 2. The molecule has 0 fully saturated rings. The van der Waals surface area contributed by atoms with Gasteiger partial charge in [-0.15, -0.1) is 10.2 Å². The molecule has 0 atom stereocenters. The molecule has 1 aromatic heterocycles. The summed E-state index contributed by atoms with van der Waals surface area (Å²) >= 11 is 7.24. The first-order chi connectivity index (χ1) is 15.4. The number of nitrogens with one attached hydrogen (secondary N) is 2. The number of halogens is 1.